The Morgan fingerprint density at radius 1 is 1.47 bits per heavy atom. The monoisotopic (exact) mass is 283 g/mol. The van der Waals surface area contributed by atoms with Crippen molar-refractivity contribution >= 4 is 24.0 Å². The molecule has 3 nitrogen and oxygen atoms in total. The van der Waals surface area contributed by atoms with Crippen LogP contribution in [0.3, 0.4) is 0 Å². The van der Waals surface area contributed by atoms with E-state index in [0.717, 1.165) is 25.2 Å². The first-order chi connectivity index (χ1) is 9.12. The van der Waals surface area contributed by atoms with Gasteiger partial charge in [0.05, 0.1) is 5.69 Å². The second-order valence-corrected chi connectivity index (χ2v) is 4.63. The lowest BCUT2D eigenvalue weighted by Gasteiger charge is -2.23. The van der Waals surface area contributed by atoms with Crippen molar-refractivity contribution in [1.82, 2.24) is 0 Å². The molecule has 0 fully saturated rings. The van der Waals surface area contributed by atoms with Crippen molar-refractivity contribution in [1.29, 1.82) is 0 Å². The summed E-state index contributed by atoms with van der Waals surface area (Å²) >= 11 is 4.19. The van der Waals surface area contributed by atoms with E-state index in [2.05, 4.69) is 17.9 Å². The lowest BCUT2D eigenvalue weighted by molar-refractivity contribution is 0.621. The summed E-state index contributed by atoms with van der Waals surface area (Å²) in [4.78, 5) is 1.96. The summed E-state index contributed by atoms with van der Waals surface area (Å²) in [7, 11) is 0. The van der Waals surface area contributed by atoms with E-state index in [1.54, 1.807) is 12.3 Å². The van der Waals surface area contributed by atoms with Crippen molar-refractivity contribution in [3.05, 3.63) is 35.9 Å². The number of hydrogen-bond donors (Lipinski definition) is 3. The smallest absolute Gasteiger partial charge is 0.148 e. The lowest BCUT2D eigenvalue weighted by Crippen LogP contribution is -2.25. The van der Waals surface area contributed by atoms with Gasteiger partial charge in [-0.3, -0.25) is 0 Å². The van der Waals surface area contributed by atoms with Gasteiger partial charge in [0.1, 0.15) is 5.82 Å². The van der Waals surface area contributed by atoms with Crippen LogP contribution < -0.4 is 16.0 Å². The predicted molar refractivity (Wildman–Crippen MR) is 84.3 cm³/mol. The molecule has 106 valence electrons. The number of thiol groups is 1. The number of nitrogens with two attached hydrogens (primary N) is 1. The molecule has 0 saturated heterocycles. The van der Waals surface area contributed by atoms with Crippen molar-refractivity contribution < 1.29 is 4.39 Å². The average Bonchev–Trinajstić information content (AvgIpc) is 2.42. The van der Waals surface area contributed by atoms with Crippen LogP contribution in [0.2, 0.25) is 0 Å². The molecule has 5 heteroatoms. The molecule has 0 amide bonds. The van der Waals surface area contributed by atoms with E-state index in [1.165, 1.54) is 6.07 Å². The maximum absolute atomic E-state index is 14.1. The first-order valence-corrected chi connectivity index (χ1v) is 7.12. The molecule has 0 radical (unpaired) electrons. The fourth-order valence-electron chi connectivity index (χ4n) is 1.70. The molecule has 0 heterocycles. The summed E-state index contributed by atoms with van der Waals surface area (Å²) in [5.41, 5.74) is 7.72. The average molecular weight is 283 g/mol. The van der Waals surface area contributed by atoms with Gasteiger partial charge in [-0.25, -0.2) is 4.39 Å². The zero-order valence-electron chi connectivity index (χ0n) is 11.5. The number of anilines is 2. The van der Waals surface area contributed by atoms with Crippen LogP contribution in [0.1, 0.15) is 20.3 Å². The standard InChI is InChI=1S/C14H22FN3S/c1-3-11(16)10-17-12-5-6-14(13(15)9-12)18(4-2)7-8-19/h5-6,9-10,17,19H,3-4,7-8,16H2,1-2H3/b11-10-. The van der Waals surface area contributed by atoms with Gasteiger partial charge in [-0.1, -0.05) is 6.92 Å². The van der Waals surface area contributed by atoms with E-state index >= 15 is 0 Å². The van der Waals surface area contributed by atoms with Crippen LogP contribution in [-0.2, 0) is 0 Å². The largest absolute Gasteiger partial charge is 0.401 e. The number of halogens is 1. The summed E-state index contributed by atoms with van der Waals surface area (Å²) in [5, 5.41) is 2.99. The highest BCUT2D eigenvalue weighted by atomic mass is 32.1. The first kappa shape index (κ1) is 15.7. The Morgan fingerprint density at radius 2 is 2.21 bits per heavy atom. The molecule has 0 aliphatic heterocycles. The number of nitrogens with one attached hydrogen (secondary N) is 1. The zero-order valence-corrected chi connectivity index (χ0v) is 12.4. The van der Waals surface area contributed by atoms with Gasteiger partial charge >= 0.3 is 0 Å². The molecule has 0 aliphatic rings. The summed E-state index contributed by atoms with van der Waals surface area (Å²) in [6.07, 6.45) is 2.46. The molecule has 0 saturated carbocycles. The molecule has 1 aromatic carbocycles. The summed E-state index contributed by atoms with van der Waals surface area (Å²) in [5.74, 6) is 0.459. The lowest BCUT2D eigenvalue weighted by atomic mass is 10.2. The highest BCUT2D eigenvalue weighted by molar-refractivity contribution is 7.80. The maximum Gasteiger partial charge on any atom is 0.148 e. The molecular formula is C14H22FN3S. The molecule has 3 N–H and O–H groups in total. The predicted octanol–water partition coefficient (Wildman–Crippen LogP) is 3.20. The SMILES string of the molecule is CC/C(N)=C/Nc1ccc(N(CC)CCS)c(F)c1. The first-order valence-electron chi connectivity index (χ1n) is 6.48. The quantitative estimate of drug-likeness (QED) is 0.673. The van der Waals surface area contributed by atoms with Gasteiger partial charge in [0, 0.05) is 36.4 Å². The van der Waals surface area contributed by atoms with Crippen molar-refractivity contribution in [2.45, 2.75) is 20.3 Å². The molecule has 0 aromatic heterocycles. The van der Waals surface area contributed by atoms with E-state index in [0.29, 0.717) is 17.1 Å². The normalized spacial score (nSPS) is 11.5. The molecule has 0 aliphatic carbocycles. The Balaban J connectivity index is 2.84. The third-order valence-electron chi connectivity index (χ3n) is 2.87. The Morgan fingerprint density at radius 3 is 2.74 bits per heavy atom. The highest BCUT2D eigenvalue weighted by Gasteiger charge is 2.09. The van der Waals surface area contributed by atoms with Crippen LogP contribution in [0.15, 0.2) is 30.1 Å². The Kier molecular flexibility index (Phi) is 6.56. The van der Waals surface area contributed by atoms with Gasteiger partial charge in [0.25, 0.3) is 0 Å². The topological polar surface area (TPSA) is 41.3 Å². The molecule has 0 bridgehead atoms. The summed E-state index contributed by atoms with van der Waals surface area (Å²) < 4.78 is 14.1. The third kappa shape index (κ3) is 4.67. The van der Waals surface area contributed by atoms with Crippen molar-refractivity contribution in [3.63, 3.8) is 0 Å². The molecule has 0 unspecified atom stereocenters. The zero-order chi connectivity index (χ0) is 14.3. The van der Waals surface area contributed by atoms with E-state index in [1.807, 2.05) is 24.8 Å². The fraction of sp³-hybridized carbons (Fsp3) is 0.429. The highest BCUT2D eigenvalue weighted by Crippen LogP contribution is 2.23. The third-order valence-corrected chi connectivity index (χ3v) is 3.07. The van der Waals surface area contributed by atoms with E-state index in [4.69, 9.17) is 5.73 Å². The summed E-state index contributed by atoms with van der Waals surface area (Å²) in [6.45, 7) is 5.45. The van der Waals surface area contributed by atoms with Crippen LogP contribution in [0.4, 0.5) is 15.8 Å². The van der Waals surface area contributed by atoms with Crippen molar-refractivity contribution in [3.8, 4) is 0 Å². The molecule has 0 spiro atoms. The van der Waals surface area contributed by atoms with E-state index < -0.39 is 0 Å². The van der Waals surface area contributed by atoms with Crippen LogP contribution >= 0.6 is 12.6 Å². The van der Waals surface area contributed by atoms with Crippen LogP contribution in [0.25, 0.3) is 0 Å². The van der Waals surface area contributed by atoms with E-state index in [-0.39, 0.29) is 5.82 Å². The molecule has 1 aromatic rings. The Bertz CT molecular complexity index is 435. The molecule has 1 rings (SSSR count). The van der Waals surface area contributed by atoms with Gasteiger partial charge in [-0.15, -0.1) is 0 Å². The van der Waals surface area contributed by atoms with Gasteiger partial charge in [0.2, 0.25) is 0 Å². The van der Waals surface area contributed by atoms with Crippen molar-refractivity contribution in [2.24, 2.45) is 5.73 Å². The maximum atomic E-state index is 14.1. The van der Waals surface area contributed by atoms with Crippen molar-refractivity contribution in [2.75, 3.05) is 29.1 Å². The Labute approximate surface area is 120 Å². The minimum Gasteiger partial charge on any atom is -0.401 e. The number of benzene rings is 1. The Hall–Kier alpha value is -1.36. The minimum atomic E-state index is -0.239. The van der Waals surface area contributed by atoms with E-state index in [9.17, 15) is 4.39 Å². The molecular weight excluding hydrogens is 261 g/mol. The second kappa shape index (κ2) is 7.94. The molecule has 0 atom stereocenters. The van der Waals surface area contributed by atoms with Crippen LogP contribution in [0, 0.1) is 5.82 Å². The van der Waals surface area contributed by atoms with Gasteiger partial charge in [0.15, 0.2) is 0 Å². The number of rotatable bonds is 7. The summed E-state index contributed by atoms with van der Waals surface area (Å²) in [6, 6.07) is 5.11. The number of allylic oxidation sites excluding steroid dienone is 1. The second-order valence-electron chi connectivity index (χ2n) is 4.19. The molecule has 19 heavy (non-hydrogen) atoms. The number of hydrogen-bond acceptors (Lipinski definition) is 4. The fourth-order valence-corrected chi connectivity index (χ4v) is 1.94. The van der Waals surface area contributed by atoms with Gasteiger partial charge in [-0.2, -0.15) is 12.6 Å². The van der Waals surface area contributed by atoms with Crippen LogP contribution in [-0.4, -0.2) is 18.8 Å². The van der Waals surface area contributed by atoms with Gasteiger partial charge in [-0.05, 0) is 31.5 Å². The van der Waals surface area contributed by atoms with Crippen LogP contribution in [0.5, 0.6) is 0 Å². The minimum absolute atomic E-state index is 0.239. The number of nitrogens with zero attached hydrogens (tertiary/aromatic N) is 1. The van der Waals surface area contributed by atoms with Gasteiger partial charge < -0.3 is 16.0 Å².